The molecule has 1 aromatic carbocycles. The Morgan fingerprint density at radius 3 is 2.87 bits per heavy atom. The number of fused-ring (bicyclic) bond motifs is 1. The monoisotopic (exact) mass is 246 g/mol. The molecule has 0 saturated carbocycles. The minimum absolute atomic E-state index is 0. The van der Waals surface area contributed by atoms with Crippen molar-refractivity contribution >= 4 is 21.6 Å². The highest BCUT2D eigenvalue weighted by Crippen LogP contribution is 2.27. The van der Waals surface area contributed by atoms with Gasteiger partial charge < -0.3 is 28.2 Å². The number of hydrogen-bond acceptors (Lipinski definition) is 3. The summed E-state index contributed by atoms with van der Waals surface area (Å²) in [7, 11) is 0. The molecule has 0 spiro atoms. The molecule has 0 amide bonds. The van der Waals surface area contributed by atoms with Gasteiger partial charge in [0.15, 0.2) is 0 Å². The molecule has 0 unspecified atom stereocenters. The lowest BCUT2D eigenvalue weighted by atomic mass is 10.1. The van der Waals surface area contributed by atoms with Crippen LogP contribution in [0.4, 0.5) is 0 Å². The van der Waals surface area contributed by atoms with E-state index >= 15 is 0 Å². The average Bonchev–Trinajstić information content (AvgIpc) is 2.53. The molecule has 1 heterocycles. The fraction of sp³-hybridized carbons (Fsp3) is 0.222. The zero-order valence-electron chi connectivity index (χ0n) is 7.92. The lowest BCUT2D eigenvalue weighted by molar-refractivity contribution is -0.366. The van der Waals surface area contributed by atoms with Gasteiger partial charge in [-0.1, -0.05) is 17.4 Å². The Balaban J connectivity index is 0.00000112. The zero-order chi connectivity index (χ0) is 10.1. The Labute approximate surface area is 96.2 Å². The van der Waals surface area contributed by atoms with Crippen molar-refractivity contribution in [2.45, 2.75) is 6.42 Å². The molecule has 0 aliphatic rings. The molecule has 0 aliphatic carbocycles. The van der Waals surface area contributed by atoms with Crippen molar-refractivity contribution in [2.75, 3.05) is 6.54 Å². The summed E-state index contributed by atoms with van der Waals surface area (Å²) in [6, 6.07) is 3.45. The second-order valence-corrected chi connectivity index (χ2v) is 4.05. The highest BCUT2D eigenvalue weighted by molar-refractivity contribution is 7.16. The smallest absolute Gasteiger partial charge is 0.305 e. The van der Waals surface area contributed by atoms with Gasteiger partial charge in [0.25, 0.3) is 0 Å². The second kappa shape index (κ2) is 4.65. The van der Waals surface area contributed by atoms with Crippen LogP contribution in [0.2, 0.25) is 0 Å². The Bertz CT molecular complexity index is 520. The fourth-order valence-corrected chi connectivity index (χ4v) is 2.36. The van der Waals surface area contributed by atoms with Crippen molar-refractivity contribution in [2.24, 2.45) is 0 Å². The summed E-state index contributed by atoms with van der Waals surface area (Å²) in [6.07, 6.45) is 0.824. The maximum Gasteiger partial charge on any atom is 0.305 e. The molecular formula is C9H11ClN2O2S. The molecule has 2 aromatic rings. The first-order valence-electron chi connectivity index (χ1n) is 4.35. The van der Waals surface area contributed by atoms with Crippen LogP contribution < -0.4 is 23.0 Å². The number of phenols is 1. The summed E-state index contributed by atoms with van der Waals surface area (Å²) in [4.78, 5) is 13.6. The summed E-state index contributed by atoms with van der Waals surface area (Å²) >= 11 is 1.13. The number of thiazole rings is 1. The van der Waals surface area contributed by atoms with Crippen molar-refractivity contribution in [3.8, 4) is 5.75 Å². The number of hydrogen-bond donors (Lipinski definition) is 3. The van der Waals surface area contributed by atoms with Gasteiger partial charge in [-0.05, 0) is 11.6 Å². The number of quaternary nitrogens is 1. The van der Waals surface area contributed by atoms with Gasteiger partial charge in [-0.2, -0.15) is 0 Å². The molecule has 4 nitrogen and oxygen atoms in total. The molecule has 6 heteroatoms. The Hall–Kier alpha value is -1.04. The number of aromatic amines is 1. The number of halogens is 1. The van der Waals surface area contributed by atoms with Gasteiger partial charge in [0, 0.05) is 6.42 Å². The molecule has 0 radical (unpaired) electrons. The summed E-state index contributed by atoms with van der Waals surface area (Å²) in [6.45, 7) is 0.784. The van der Waals surface area contributed by atoms with Gasteiger partial charge in [-0.3, -0.25) is 4.79 Å². The van der Waals surface area contributed by atoms with Crippen LogP contribution in [0.3, 0.4) is 0 Å². The van der Waals surface area contributed by atoms with Crippen molar-refractivity contribution in [1.29, 1.82) is 0 Å². The molecule has 1 aromatic heterocycles. The summed E-state index contributed by atoms with van der Waals surface area (Å²) in [5, 5.41) is 9.50. The van der Waals surface area contributed by atoms with Crippen molar-refractivity contribution in [3.63, 3.8) is 0 Å². The van der Waals surface area contributed by atoms with Gasteiger partial charge in [-0.15, -0.1) is 0 Å². The fourth-order valence-electron chi connectivity index (χ4n) is 1.46. The van der Waals surface area contributed by atoms with Gasteiger partial charge >= 0.3 is 4.87 Å². The summed E-state index contributed by atoms with van der Waals surface area (Å²) in [5.41, 5.74) is 5.38. The first-order valence-corrected chi connectivity index (χ1v) is 5.17. The number of nitrogens with one attached hydrogen (secondary N) is 1. The van der Waals surface area contributed by atoms with E-state index in [0.717, 1.165) is 34.6 Å². The molecule has 2 rings (SSSR count). The molecule has 0 bridgehead atoms. The minimum atomic E-state index is -0.133. The molecular weight excluding hydrogens is 236 g/mol. The van der Waals surface area contributed by atoms with Crippen LogP contribution in [0.25, 0.3) is 10.2 Å². The van der Waals surface area contributed by atoms with Crippen molar-refractivity contribution in [1.82, 2.24) is 4.98 Å². The van der Waals surface area contributed by atoms with Gasteiger partial charge in [0.1, 0.15) is 11.3 Å². The van der Waals surface area contributed by atoms with E-state index in [9.17, 15) is 9.90 Å². The predicted molar refractivity (Wildman–Crippen MR) is 55.6 cm³/mol. The first kappa shape index (κ1) is 12.0. The van der Waals surface area contributed by atoms with Crippen LogP contribution in [0.5, 0.6) is 5.75 Å². The third-order valence-electron chi connectivity index (χ3n) is 2.09. The number of benzene rings is 1. The van der Waals surface area contributed by atoms with E-state index in [4.69, 9.17) is 0 Å². The SMILES string of the molecule is [Cl-].[NH3+]CCc1ccc(O)c2[nH]c(=O)sc12. The van der Waals surface area contributed by atoms with Crippen LogP contribution in [-0.2, 0) is 6.42 Å². The number of rotatable bonds is 2. The first-order chi connectivity index (χ1) is 6.72. The van der Waals surface area contributed by atoms with E-state index in [0.29, 0.717) is 5.52 Å². The highest BCUT2D eigenvalue weighted by Gasteiger charge is 2.08. The lowest BCUT2D eigenvalue weighted by Gasteiger charge is -2.00. The van der Waals surface area contributed by atoms with Crippen LogP contribution >= 0.6 is 11.3 Å². The third-order valence-corrected chi connectivity index (χ3v) is 3.04. The molecule has 5 N–H and O–H groups in total. The van der Waals surface area contributed by atoms with E-state index in [1.165, 1.54) is 0 Å². The Kier molecular flexibility index (Phi) is 3.73. The quantitative estimate of drug-likeness (QED) is 0.531. The number of phenolic OH excluding ortho intramolecular Hbond substituents is 1. The number of aromatic hydroxyl groups is 1. The van der Waals surface area contributed by atoms with Gasteiger partial charge in [0.05, 0.1) is 11.2 Å². The number of aromatic nitrogens is 1. The molecule has 0 aliphatic heterocycles. The van der Waals surface area contributed by atoms with Crippen LogP contribution in [0, 0.1) is 0 Å². The number of H-pyrrole nitrogens is 1. The standard InChI is InChI=1S/C9H10N2O2S.ClH/c10-4-3-5-1-2-6(12)7-8(5)14-9(13)11-7;/h1-2,12H,3-4,10H2,(H,11,13);1H. The van der Waals surface area contributed by atoms with Crippen molar-refractivity contribution < 1.29 is 23.2 Å². The molecule has 0 fully saturated rings. The minimum Gasteiger partial charge on any atom is -1.00 e. The highest BCUT2D eigenvalue weighted by atomic mass is 35.5. The van der Waals surface area contributed by atoms with E-state index in [-0.39, 0.29) is 23.0 Å². The topological polar surface area (TPSA) is 80.7 Å². The normalized spacial score (nSPS) is 10.2. The largest absolute Gasteiger partial charge is 1.00 e. The molecule has 82 valence electrons. The van der Waals surface area contributed by atoms with Crippen LogP contribution in [-0.4, -0.2) is 16.6 Å². The maximum atomic E-state index is 11.1. The molecule has 0 saturated heterocycles. The molecule has 15 heavy (non-hydrogen) atoms. The van der Waals surface area contributed by atoms with E-state index in [2.05, 4.69) is 10.7 Å². The third kappa shape index (κ3) is 2.14. The second-order valence-electron chi connectivity index (χ2n) is 3.07. The van der Waals surface area contributed by atoms with Crippen LogP contribution in [0.15, 0.2) is 16.9 Å². The van der Waals surface area contributed by atoms with E-state index in [1.807, 2.05) is 6.07 Å². The molecule has 0 atom stereocenters. The summed E-state index contributed by atoms with van der Waals surface area (Å²) < 4.78 is 0.846. The van der Waals surface area contributed by atoms with Crippen molar-refractivity contribution in [3.05, 3.63) is 27.4 Å². The van der Waals surface area contributed by atoms with E-state index in [1.54, 1.807) is 6.07 Å². The Morgan fingerprint density at radius 1 is 1.47 bits per heavy atom. The Morgan fingerprint density at radius 2 is 2.20 bits per heavy atom. The maximum absolute atomic E-state index is 11.1. The average molecular weight is 247 g/mol. The van der Waals surface area contributed by atoms with E-state index < -0.39 is 0 Å². The van der Waals surface area contributed by atoms with Gasteiger partial charge in [-0.25, -0.2) is 0 Å². The van der Waals surface area contributed by atoms with Gasteiger partial charge in [0.2, 0.25) is 0 Å². The lowest BCUT2D eigenvalue weighted by Crippen LogP contribution is -3.00. The zero-order valence-corrected chi connectivity index (χ0v) is 9.49. The predicted octanol–water partition coefficient (Wildman–Crippen LogP) is -2.92. The summed E-state index contributed by atoms with van der Waals surface area (Å²) in [5.74, 6) is 0.131. The van der Waals surface area contributed by atoms with Crippen LogP contribution in [0.1, 0.15) is 5.56 Å².